The standard InChI is InChI=1S/C15H31NO2/c1-4-9-16-15(13(2)8-11-17-3)12-14-7-5-6-10-18-14/h13-16H,4-12H2,1-3H3. The van der Waals surface area contributed by atoms with E-state index < -0.39 is 0 Å². The lowest BCUT2D eigenvalue weighted by Gasteiger charge is -2.31. The van der Waals surface area contributed by atoms with Crippen LogP contribution in [0.25, 0.3) is 0 Å². The smallest absolute Gasteiger partial charge is 0.0590 e. The van der Waals surface area contributed by atoms with Gasteiger partial charge in [0.1, 0.15) is 0 Å². The quantitative estimate of drug-likeness (QED) is 0.689. The second-order valence-corrected chi connectivity index (χ2v) is 5.54. The summed E-state index contributed by atoms with van der Waals surface area (Å²) in [6.07, 6.45) is 7.76. The zero-order valence-electron chi connectivity index (χ0n) is 12.4. The van der Waals surface area contributed by atoms with Crippen LogP contribution in [-0.2, 0) is 9.47 Å². The number of rotatable bonds is 9. The van der Waals surface area contributed by atoms with E-state index in [1.807, 2.05) is 0 Å². The van der Waals surface area contributed by atoms with Gasteiger partial charge in [0, 0.05) is 26.4 Å². The highest BCUT2D eigenvalue weighted by atomic mass is 16.5. The fraction of sp³-hybridized carbons (Fsp3) is 1.00. The molecular weight excluding hydrogens is 226 g/mol. The summed E-state index contributed by atoms with van der Waals surface area (Å²) in [7, 11) is 1.78. The molecule has 1 aliphatic heterocycles. The first-order valence-corrected chi connectivity index (χ1v) is 7.61. The van der Waals surface area contributed by atoms with E-state index in [2.05, 4.69) is 19.2 Å². The molecule has 0 aromatic heterocycles. The fourth-order valence-electron chi connectivity index (χ4n) is 2.63. The number of nitrogens with one attached hydrogen (secondary N) is 1. The van der Waals surface area contributed by atoms with Gasteiger partial charge in [0.2, 0.25) is 0 Å². The van der Waals surface area contributed by atoms with Gasteiger partial charge in [0.25, 0.3) is 0 Å². The molecule has 18 heavy (non-hydrogen) atoms. The Balaban J connectivity index is 2.37. The van der Waals surface area contributed by atoms with Crippen LogP contribution in [0.3, 0.4) is 0 Å². The van der Waals surface area contributed by atoms with Gasteiger partial charge in [-0.1, -0.05) is 13.8 Å². The van der Waals surface area contributed by atoms with Gasteiger partial charge >= 0.3 is 0 Å². The van der Waals surface area contributed by atoms with Gasteiger partial charge in [-0.15, -0.1) is 0 Å². The Morgan fingerprint density at radius 2 is 2.22 bits per heavy atom. The van der Waals surface area contributed by atoms with Gasteiger partial charge < -0.3 is 14.8 Å². The summed E-state index contributed by atoms with van der Waals surface area (Å²) in [5, 5.41) is 3.69. The second kappa shape index (κ2) is 9.76. The van der Waals surface area contributed by atoms with Crippen molar-refractivity contribution in [2.75, 3.05) is 26.9 Å². The SMILES string of the molecule is CCCNC(CC1CCCCO1)C(C)CCOC. The van der Waals surface area contributed by atoms with E-state index in [-0.39, 0.29) is 0 Å². The van der Waals surface area contributed by atoms with E-state index in [0.717, 1.165) is 32.6 Å². The highest BCUT2D eigenvalue weighted by molar-refractivity contribution is 4.78. The molecule has 1 saturated heterocycles. The zero-order chi connectivity index (χ0) is 13.2. The lowest BCUT2D eigenvalue weighted by Crippen LogP contribution is -2.40. The largest absolute Gasteiger partial charge is 0.385 e. The minimum Gasteiger partial charge on any atom is -0.385 e. The molecule has 0 amide bonds. The van der Waals surface area contributed by atoms with Crippen molar-refractivity contribution < 1.29 is 9.47 Å². The van der Waals surface area contributed by atoms with E-state index in [1.54, 1.807) is 7.11 Å². The molecule has 1 aliphatic rings. The molecule has 0 saturated carbocycles. The number of ether oxygens (including phenoxy) is 2. The third-order valence-corrected chi connectivity index (χ3v) is 3.91. The van der Waals surface area contributed by atoms with Gasteiger partial charge in [-0.2, -0.15) is 0 Å². The Morgan fingerprint density at radius 1 is 1.39 bits per heavy atom. The summed E-state index contributed by atoms with van der Waals surface area (Å²) >= 11 is 0. The molecule has 0 spiro atoms. The average Bonchev–Trinajstić information content (AvgIpc) is 2.42. The molecule has 3 atom stereocenters. The Morgan fingerprint density at radius 3 is 2.83 bits per heavy atom. The van der Waals surface area contributed by atoms with Gasteiger partial charge in [-0.3, -0.25) is 0 Å². The molecule has 1 heterocycles. The van der Waals surface area contributed by atoms with E-state index >= 15 is 0 Å². The molecule has 0 aromatic rings. The summed E-state index contributed by atoms with van der Waals surface area (Å²) in [5.41, 5.74) is 0. The number of hydrogen-bond acceptors (Lipinski definition) is 3. The van der Waals surface area contributed by atoms with Crippen molar-refractivity contribution in [2.45, 2.75) is 64.5 Å². The maximum absolute atomic E-state index is 5.87. The summed E-state index contributed by atoms with van der Waals surface area (Å²) in [6.45, 7) is 7.47. The maximum Gasteiger partial charge on any atom is 0.0590 e. The molecule has 108 valence electrons. The van der Waals surface area contributed by atoms with E-state index in [4.69, 9.17) is 9.47 Å². The third kappa shape index (κ3) is 6.17. The topological polar surface area (TPSA) is 30.5 Å². The number of methoxy groups -OCH3 is 1. The van der Waals surface area contributed by atoms with Crippen LogP contribution in [0.15, 0.2) is 0 Å². The van der Waals surface area contributed by atoms with Crippen LogP contribution < -0.4 is 5.32 Å². The van der Waals surface area contributed by atoms with Crippen molar-refractivity contribution in [3.8, 4) is 0 Å². The molecule has 1 rings (SSSR count). The summed E-state index contributed by atoms with van der Waals surface area (Å²) in [4.78, 5) is 0. The monoisotopic (exact) mass is 257 g/mol. The molecule has 3 heteroatoms. The van der Waals surface area contributed by atoms with Crippen LogP contribution in [0.1, 0.15) is 52.4 Å². The van der Waals surface area contributed by atoms with Gasteiger partial charge in [-0.05, 0) is 51.0 Å². The van der Waals surface area contributed by atoms with Gasteiger partial charge in [-0.25, -0.2) is 0 Å². The molecule has 0 bridgehead atoms. The minimum absolute atomic E-state index is 0.470. The Bertz CT molecular complexity index is 193. The first-order valence-electron chi connectivity index (χ1n) is 7.61. The van der Waals surface area contributed by atoms with E-state index in [1.165, 1.54) is 25.7 Å². The highest BCUT2D eigenvalue weighted by Crippen LogP contribution is 2.21. The molecule has 1 fully saturated rings. The molecule has 0 radical (unpaired) electrons. The first-order chi connectivity index (χ1) is 8.77. The lowest BCUT2D eigenvalue weighted by atomic mass is 9.91. The summed E-state index contributed by atoms with van der Waals surface area (Å²) in [6, 6.07) is 0.572. The summed E-state index contributed by atoms with van der Waals surface area (Å²) in [5.74, 6) is 0.655. The van der Waals surface area contributed by atoms with E-state index in [0.29, 0.717) is 18.1 Å². The van der Waals surface area contributed by atoms with Crippen molar-refractivity contribution in [2.24, 2.45) is 5.92 Å². The van der Waals surface area contributed by atoms with Crippen LogP contribution in [-0.4, -0.2) is 39.0 Å². The molecule has 3 nitrogen and oxygen atoms in total. The minimum atomic E-state index is 0.470. The number of hydrogen-bond donors (Lipinski definition) is 1. The lowest BCUT2D eigenvalue weighted by molar-refractivity contribution is 0.000588. The fourth-order valence-corrected chi connectivity index (χ4v) is 2.63. The molecule has 3 unspecified atom stereocenters. The molecule has 1 N–H and O–H groups in total. The van der Waals surface area contributed by atoms with E-state index in [9.17, 15) is 0 Å². The van der Waals surface area contributed by atoms with Crippen LogP contribution in [0.5, 0.6) is 0 Å². The first kappa shape index (κ1) is 15.9. The van der Waals surface area contributed by atoms with Crippen molar-refractivity contribution in [3.63, 3.8) is 0 Å². The maximum atomic E-state index is 5.87. The van der Waals surface area contributed by atoms with Crippen LogP contribution >= 0.6 is 0 Å². The van der Waals surface area contributed by atoms with Crippen LogP contribution in [0.2, 0.25) is 0 Å². The predicted octanol–water partition coefficient (Wildman–Crippen LogP) is 2.99. The van der Waals surface area contributed by atoms with Crippen LogP contribution in [0, 0.1) is 5.92 Å². The Hall–Kier alpha value is -0.120. The van der Waals surface area contributed by atoms with Crippen molar-refractivity contribution >= 4 is 0 Å². The Labute approximate surface area is 113 Å². The predicted molar refractivity (Wildman–Crippen MR) is 75.9 cm³/mol. The second-order valence-electron chi connectivity index (χ2n) is 5.54. The van der Waals surface area contributed by atoms with Crippen molar-refractivity contribution in [1.82, 2.24) is 5.32 Å². The van der Waals surface area contributed by atoms with Crippen LogP contribution in [0.4, 0.5) is 0 Å². The van der Waals surface area contributed by atoms with Crippen molar-refractivity contribution in [3.05, 3.63) is 0 Å². The summed E-state index contributed by atoms with van der Waals surface area (Å²) < 4.78 is 11.1. The van der Waals surface area contributed by atoms with Crippen molar-refractivity contribution in [1.29, 1.82) is 0 Å². The van der Waals surface area contributed by atoms with Gasteiger partial charge in [0.15, 0.2) is 0 Å². The van der Waals surface area contributed by atoms with Gasteiger partial charge in [0.05, 0.1) is 6.10 Å². The average molecular weight is 257 g/mol. The Kier molecular flexibility index (Phi) is 8.64. The molecular formula is C15H31NO2. The highest BCUT2D eigenvalue weighted by Gasteiger charge is 2.23. The third-order valence-electron chi connectivity index (χ3n) is 3.91. The molecule has 0 aromatic carbocycles. The normalized spacial score (nSPS) is 23.8. The zero-order valence-corrected chi connectivity index (χ0v) is 12.4. The molecule has 0 aliphatic carbocycles.